The molecule has 1 saturated carbocycles. The first kappa shape index (κ1) is 12.0. The van der Waals surface area contributed by atoms with E-state index >= 15 is 0 Å². The van der Waals surface area contributed by atoms with E-state index in [2.05, 4.69) is 15.9 Å². The van der Waals surface area contributed by atoms with Gasteiger partial charge >= 0.3 is 0 Å². The van der Waals surface area contributed by atoms with Crippen molar-refractivity contribution in [3.05, 3.63) is 35.4 Å². The summed E-state index contributed by atoms with van der Waals surface area (Å²) in [6.45, 7) is 0. The van der Waals surface area contributed by atoms with Gasteiger partial charge in [-0.2, -0.15) is 0 Å². The molecule has 0 saturated heterocycles. The fourth-order valence-electron chi connectivity index (χ4n) is 2.41. The van der Waals surface area contributed by atoms with E-state index in [9.17, 15) is 8.78 Å². The van der Waals surface area contributed by atoms with Crippen molar-refractivity contribution in [3.8, 4) is 0 Å². The minimum atomic E-state index is -0.347. The first-order valence-electron chi connectivity index (χ1n) is 5.77. The number of benzene rings is 1. The van der Waals surface area contributed by atoms with Crippen molar-refractivity contribution in [1.82, 2.24) is 0 Å². The van der Waals surface area contributed by atoms with Crippen LogP contribution in [0.4, 0.5) is 8.78 Å². The average Bonchev–Trinajstić information content (AvgIpc) is 2.47. The lowest BCUT2D eigenvalue weighted by Gasteiger charge is -2.20. The van der Waals surface area contributed by atoms with Crippen molar-refractivity contribution < 1.29 is 8.78 Å². The molecule has 0 aromatic heterocycles. The van der Waals surface area contributed by atoms with Gasteiger partial charge in [-0.15, -0.1) is 0 Å². The molecule has 0 heterocycles. The molecule has 0 N–H and O–H groups in total. The van der Waals surface area contributed by atoms with E-state index in [4.69, 9.17) is 0 Å². The summed E-state index contributed by atoms with van der Waals surface area (Å²) >= 11 is 3.61. The lowest BCUT2D eigenvalue weighted by atomic mass is 9.91. The number of hydrogen-bond donors (Lipinski definition) is 0. The van der Waals surface area contributed by atoms with Gasteiger partial charge in [0.15, 0.2) is 0 Å². The number of rotatable bonds is 1. The summed E-state index contributed by atoms with van der Waals surface area (Å²) in [4.78, 5) is 0.270. The highest BCUT2D eigenvalue weighted by Gasteiger charge is 2.25. The molecule has 88 valence electrons. The van der Waals surface area contributed by atoms with E-state index in [1.165, 1.54) is 31.0 Å². The van der Waals surface area contributed by atoms with Gasteiger partial charge in [-0.1, -0.05) is 35.2 Å². The predicted molar refractivity (Wildman–Crippen MR) is 64.9 cm³/mol. The maximum Gasteiger partial charge on any atom is 0.126 e. The summed E-state index contributed by atoms with van der Waals surface area (Å²) in [6, 6.07) is 3.76. The third kappa shape index (κ3) is 2.62. The average molecular weight is 289 g/mol. The van der Waals surface area contributed by atoms with Crippen molar-refractivity contribution in [3.63, 3.8) is 0 Å². The Morgan fingerprint density at radius 3 is 2.62 bits per heavy atom. The van der Waals surface area contributed by atoms with Gasteiger partial charge in [0.1, 0.15) is 11.6 Å². The lowest BCUT2D eigenvalue weighted by Crippen LogP contribution is -2.12. The summed E-state index contributed by atoms with van der Waals surface area (Å²) in [5.74, 6) is -0.517. The quantitative estimate of drug-likeness (QED) is 0.515. The van der Waals surface area contributed by atoms with Crippen LogP contribution < -0.4 is 0 Å². The molecule has 2 unspecified atom stereocenters. The first-order chi connectivity index (χ1) is 7.68. The second kappa shape index (κ2) is 5.26. The summed E-state index contributed by atoms with van der Waals surface area (Å²) < 4.78 is 26.8. The van der Waals surface area contributed by atoms with E-state index in [0.29, 0.717) is 5.56 Å². The standard InChI is InChI=1S/C13H15BrF2/c14-12-5-3-1-2-4-10(12)11-8-9(15)6-7-13(11)16/h6-8,10,12H,1-5H2. The Morgan fingerprint density at radius 1 is 1.06 bits per heavy atom. The van der Waals surface area contributed by atoms with Crippen LogP contribution in [0.5, 0.6) is 0 Å². The van der Waals surface area contributed by atoms with Gasteiger partial charge in [-0.25, -0.2) is 8.78 Å². The Labute approximate surface area is 103 Å². The van der Waals surface area contributed by atoms with Crippen LogP contribution in [0, 0.1) is 11.6 Å². The minimum Gasteiger partial charge on any atom is -0.207 e. The van der Waals surface area contributed by atoms with Crippen LogP contribution in [0.3, 0.4) is 0 Å². The van der Waals surface area contributed by atoms with Gasteiger partial charge in [0, 0.05) is 4.83 Å². The topological polar surface area (TPSA) is 0 Å². The third-order valence-corrected chi connectivity index (χ3v) is 4.39. The predicted octanol–water partition coefficient (Wildman–Crippen LogP) is 4.78. The number of halogens is 3. The zero-order valence-electron chi connectivity index (χ0n) is 9.06. The van der Waals surface area contributed by atoms with Gasteiger partial charge in [-0.3, -0.25) is 0 Å². The molecule has 2 atom stereocenters. The fraction of sp³-hybridized carbons (Fsp3) is 0.538. The molecule has 1 fully saturated rings. The molecule has 2 rings (SSSR count). The van der Waals surface area contributed by atoms with Gasteiger partial charge in [-0.05, 0) is 42.5 Å². The monoisotopic (exact) mass is 288 g/mol. The van der Waals surface area contributed by atoms with E-state index in [0.717, 1.165) is 19.3 Å². The molecule has 0 amide bonds. The van der Waals surface area contributed by atoms with Crippen LogP contribution in [0.25, 0.3) is 0 Å². The number of alkyl halides is 1. The lowest BCUT2D eigenvalue weighted by molar-refractivity contribution is 0.535. The fourth-order valence-corrected chi connectivity index (χ4v) is 3.28. The smallest absolute Gasteiger partial charge is 0.126 e. The van der Waals surface area contributed by atoms with Crippen molar-refractivity contribution in [1.29, 1.82) is 0 Å². The molecule has 16 heavy (non-hydrogen) atoms. The van der Waals surface area contributed by atoms with E-state index in [1.54, 1.807) is 0 Å². The van der Waals surface area contributed by atoms with E-state index < -0.39 is 0 Å². The zero-order valence-corrected chi connectivity index (χ0v) is 10.6. The summed E-state index contributed by atoms with van der Waals surface area (Å²) in [5.41, 5.74) is 0.531. The third-order valence-electron chi connectivity index (χ3n) is 3.29. The largest absolute Gasteiger partial charge is 0.207 e. The van der Waals surface area contributed by atoms with Gasteiger partial charge in [0.05, 0.1) is 0 Å². The Balaban J connectivity index is 2.29. The van der Waals surface area contributed by atoms with Crippen LogP contribution in [0.15, 0.2) is 18.2 Å². The summed E-state index contributed by atoms with van der Waals surface area (Å²) in [5, 5.41) is 0. The van der Waals surface area contributed by atoms with Gasteiger partial charge in [0.2, 0.25) is 0 Å². The van der Waals surface area contributed by atoms with E-state index in [-0.39, 0.29) is 22.4 Å². The Bertz CT molecular complexity index is 365. The molecule has 0 aliphatic heterocycles. The van der Waals surface area contributed by atoms with Crippen LogP contribution >= 0.6 is 15.9 Å². The molecule has 0 spiro atoms. The molecule has 1 aromatic carbocycles. The van der Waals surface area contributed by atoms with Crippen LogP contribution in [0.2, 0.25) is 0 Å². The Hall–Kier alpha value is -0.440. The molecule has 1 aromatic rings. The summed E-state index contributed by atoms with van der Waals surface area (Å²) in [7, 11) is 0. The first-order valence-corrected chi connectivity index (χ1v) is 6.69. The normalized spacial score (nSPS) is 26.4. The number of hydrogen-bond acceptors (Lipinski definition) is 0. The van der Waals surface area contributed by atoms with Gasteiger partial charge < -0.3 is 0 Å². The zero-order chi connectivity index (χ0) is 11.5. The van der Waals surface area contributed by atoms with Gasteiger partial charge in [0.25, 0.3) is 0 Å². The highest BCUT2D eigenvalue weighted by atomic mass is 79.9. The molecular formula is C13H15BrF2. The highest BCUT2D eigenvalue weighted by molar-refractivity contribution is 9.09. The van der Waals surface area contributed by atoms with Crippen LogP contribution in [0.1, 0.15) is 43.6 Å². The van der Waals surface area contributed by atoms with Crippen LogP contribution in [-0.4, -0.2) is 4.83 Å². The molecule has 0 bridgehead atoms. The molecular weight excluding hydrogens is 274 g/mol. The van der Waals surface area contributed by atoms with Crippen molar-refractivity contribution in [2.75, 3.05) is 0 Å². The SMILES string of the molecule is Fc1ccc(F)c(C2CCCCCC2Br)c1. The molecule has 1 aliphatic carbocycles. The Morgan fingerprint density at radius 2 is 1.81 bits per heavy atom. The molecule has 0 radical (unpaired) electrons. The van der Waals surface area contributed by atoms with Crippen LogP contribution in [-0.2, 0) is 0 Å². The Kier molecular flexibility index (Phi) is 3.95. The highest BCUT2D eigenvalue weighted by Crippen LogP contribution is 2.37. The maximum atomic E-state index is 13.7. The van der Waals surface area contributed by atoms with Crippen molar-refractivity contribution in [2.45, 2.75) is 42.8 Å². The van der Waals surface area contributed by atoms with Crippen molar-refractivity contribution in [2.24, 2.45) is 0 Å². The van der Waals surface area contributed by atoms with E-state index in [1.807, 2.05) is 0 Å². The molecule has 0 nitrogen and oxygen atoms in total. The maximum absolute atomic E-state index is 13.7. The second-order valence-corrected chi connectivity index (χ2v) is 5.60. The summed E-state index contributed by atoms with van der Waals surface area (Å²) in [6.07, 6.45) is 5.44. The minimum absolute atomic E-state index is 0.109. The van der Waals surface area contributed by atoms with Crippen molar-refractivity contribution >= 4 is 15.9 Å². The second-order valence-electron chi connectivity index (χ2n) is 4.43. The molecule has 3 heteroatoms. The molecule has 1 aliphatic rings.